The minimum absolute atomic E-state index is 0.145. The molecule has 1 aromatic rings. The molecule has 1 saturated heterocycles. The molecule has 2 rings (SSSR count). The Morgan fingerprint density at radius 3 is 2.56 bits per heavy atom. The molecule has 2 atom stereocenters. The number of nitrogens with one attached hydrogen (secondary N) is 1. The van der Waals surface area contributed by atoms with Crippen LogP contribution < -0.4 is 5.32 Å². The van der Waals surface area contributed by atoms with Crippen molar-refractivity contribution in [1.29, 1.82) is 0 Å². The Bertz CT molecular complexity index is 583. The highest BCUT2D eigenvalue weighted by molar-refractivity contribution is 5.69. The number of rotatable bonds is 3. The van der Waals surface area contributed by atoms with Gasteiger partial charge in [0.2, 0.25) is 0 Å². The van der Waals surface area contributed by atoms with E-state index in [9.17, 15) is 9.59 Å². The Morgan fingerprint density at radius 2 is 1.92 bits per heavy atom. The summed E-state index contributed by atoms with van der Waals surface area (Å²) in [6.07, 6.45) is -0.00318. The number of piperidine rings is 1. The van der Waals surface area contributed by atoms with Gasteiger partial charge in [-0.15, -0.1) is 0 Å². The standard InChI is InChI=1S/C19H28N2O4/c1-14-10-11-21(12-16(14)20-17(22)25-19(2,3)4)18(23)24-13-15-8-6-5-7-9-15/h5-9,14,16H,10-13H2,1-4H3,(H,20,22)/t14-,16+/m1/s1. The van der Waals surface area contributed by atoms with Crippen molar-refractivity contribution in [3.63, 3.8) is 0 Å². The van der Waals surface area contributed by atoms with Crippen molar-refractivity contribution in [2.24, 2.45) is 5.92 Å². The fourth-order valence-corrected chi connectivity index (χ4v) is 2.69. The van der Waals surface area contributed by atoms with Gasteiger partial charge in [0, 0.05) is 13.1 Å². The van der Waals surface area contributed by atoms with Crippen LogP contribution in [-0.4, -0.2) is 41.8 Å². The summed E-state index contributed by atoms with van der Waals surface area (Å²) in [7, 11) is 0. The van der Waals surface area contributed by atoms with Crippen LogP contribution in [0, 0.1) is 5.92 Å². The minimum atomic E-state index is -0.545. The van der Waals surface area contributed by atoms with E-state index in [2.05, 4.69) is 12.2 Å². The van der Waals surface area contributed by atoms with Crippen LogP contribution in [0.25, 0.3) is 0 Å². The van der Waals surface area contributed by atoms with E-state index in [1.54, 1.807) is 4.90 Å². The first-order valence-corrected chi connectivity index (χ1v) is 8.70. The van der Waals surface area contributed by atoms with Crippen LogP contribution in [0.3, 0.4) is 0 Å². The van der Waals surface area contributed by atoms with Gasteiger partial charge < -0.3 is 19.7 Å². The minimum Gasteiger partial charge on any atom is -0.445 e. The molecule has 6 heteroatoms. The first-order chi connectivity index (χ1) is 11.7. The Kier molecular flexibility index (Phi) is 6.28. The average Bonchev–Trinajstić information content (AvgIpc) is 2.54. The van der Waals surface area contributed by atoms with Gasteiger partial charge >= 0.3 is 12.2 Å². The Labute approximate surface area is 149 Å². The van der Waals surface area contributed by atoms with Crippen LogP contribution >= 0.6 is 0 Å². The van der Waals surface area contributed by atoms with E-state index >= 15 is 0 Å². The van der Waals surface area contributed by atoms with Gasteiger partial charge in [0.05, 0.1) is 6.04 Å². The first-order valence-electron chi connectivity index (χ1n) is 8.70. The maximum absolute atomic E-state index is 12.3. The monoisotopic (exact) mass is 348 g/mol. The van der Waals surface area contributed by atoms with Gasteiger partial charge in [-0.1, -0.05) is 37.3 Å². The third-order valence-corrected chi connectivity index (χ3v) is 4.12. The van der Waals surface area contributed by atoms with Crippen LogP contribution in [0.5, 0.6) is 0 Å². The van der Waals surface area contributed by atoms with Crippen LogP contribution in [-0.2, 0) is 16.1 Å². The highest BCUT2D eigenvalue weighted by Gasteiger charge is 2.31. The molecule has 1 aliphatic rings. The van der Waals surface area contributed by atoms with Crippen molar-refractivity contribution < 1.29 is 19.1 Å². The SMILES string of the molecule is C[C@@H]1CCN(C(=O)OCc2ccccc2)C[C@@H]1NC(=O)OC(C)(C)C. The number of carbonyl (C=O) groups is 2. The highest BCUT2D eigenvalue weighted by atomic mass is 16.6. The second-order valence-electron chi connectivity index (χ2n) is 7.50. The van der Waals surface area contributed by atoms with E-state index in [4.69, 9.17) is 9.47 Å². The van der Waals surface area contributed by atoms with E-state index < -0.39 is 11.7 Å². The molecule has 1 aromatic carbocycles. The Balaban J connectivity index is 1.86. The molecule has 0 bridgehead atoms. The summed E-state index contributed by atoms with van der Waals surface area (Å²) >= 11 is 0. The van der Waals surface area contributed by atoms with Crippen LogP contribution in [0.15, 0.2) is 30.3 Å². The van der Waals surface area contributed by atoms with Crippen molar-refractivity contribution in [2.75, 3.05) is 13.1 Å². The molecule has 0 aromatic heterocycles. The zero-order valence-electron chi connectivity index (χ0n) is 15.5. The van der Waals surface area contributed by atoms with Crippen LogP contribution in [0.4, 0.5) is 9.59 Å². The van der Waals surface area contributed by atoms with Crippen molar-refractivity contribution >= 4 is 12.2 Å². The number of amides is 2. The molecule has 1 heterocycles. The summed E-state index contributed by atoms with van der Waals surface area (Å²) in [6.45, 7) is 8.83. The number of hydrogen-bond acceptors (Lipinski definition) is 4. The van der Waals surface area contributed by atoms with Gasteiger partial charge in [0.15, 0.2) is 0 Å². The summed E-state index contributed by atoms with van der Waals surface area (Å²) < 4.78 is 10.7. The largest absolute Gasteiger partial charge is 0.445 e. The van der Waals surface area contributed by atoms with E-state index in [1.165, 1.54) is 0 Å². The molecular weight excluding hydrogens is 320 g/mol. The summed E-state index contributed by atoms with van der Waals surface area (Å²) in [5, 5.41) is 2.87. The van der Waals surface area contributed by atoms with Gasteiger partial charge in [-0.25, -0.2) is 9.59 Å². The number of likely N-dealkylation sites (tertiary alicyclic amines) is 1. The van der Waals surface area contributed by atoms with Crippen molar-refractivity contribution in [1.82, 2.24) is 10.2 Å². The summed E-state index contributed by atoms with van der Waals surface area (Å²) in [5.74, 6) is 0.269. The molecule has 1 N–H and O–H groups in total. The zero-order valence-corrected chi connectivity index (χ0v) is 15.5. The van der Waals surface area contributed by atoms with Crippen molar-refractivity contribution in [2.45, 2.75) is 52.4 Å². The number of benzene rings is 1. The molecule has 138 valence electrons. The lowest BCUT2D eigenvalue weighted by molar-refractivity contribution is 0.0405. The summed E-state index contributed by atoms with van der Waals surface area (Å²) in [4.78, 5) is 25.9. The third-order valence-electron chi connectivity index (χ3n) is 4.12. The van der Waals surface area contributed by atoms with Gasteiger partial charge in [-0.05, 0) is 38.7 Å². The molecule has 0 unspecified atom stereocenters. The molecule has 0 radical (unpaired) electrons. The van der Waals surface area contributed by atoms with E-state index in [-0.39, 0.29) is 24.7 Å². The van der Waals surface area contributed by atoms with E-state index in [0.717, 1.165) is 12.0 Å². The number of alkyl carbamates (subject to hydrolysis) is 1. The normalized spacial score (nSPS) is 20.7. The quantitative estimate of drug-likeness (QED) is 0.907. The van der Waals surface area contributed by atoms with Gasteiger partial charge in [0.1, 0.15) is 12.2 Å². The number of hydrogen-bond donors (Lipinski definition) is 1. The predicted octanol–water partition coefficient (Wildman–Crippen LogP) is 3.56. The highest BCUT2D eigenvalue weighted by Crippen LogP contribution is 2.19. The maximum Gasteiger partial charge on any atom is 0.410 e. The molecule has 1 aliphatic heterocycles. The van der Waals surface area contributed by atoms with Crippen molar-refractivity contribution in [3.8, 4) is 0 Å². The van der Waals surface area contributed by atoms with E-state index in [1.807, 2.05) is 51.1 Å². The van der Waals surface area contributed by atoms with E-state index in [0.29, 0.717) is 13.1 Å². The molecule has 0 aliphatic carbocycles. The lowest BCUT2D eigenvalue weighted by Crippen LogP contribution is -2.54. The second kappa shape index (κ2) is 8.23. The fourth-order valence-electron chi connectivity index (χ4n) is 2.69. The molecule has 0 spiro atoms. The number of carbonyl (C=O) groups excluding carboxylic acids is 2. The maximum atomic E-state index is 12.3. The van der Waals surface area contributed by atoms with Crippen LogP contribution in [0.2, 0.25) is 0 Å². The summed E-state index contributed by atoms with van der Waals surface area (Å²) in [6, 6.07) is 9.42. The van der Waals surface area contributed by atoms with Gasteiger partial charge in [-0.3, -0.25) is 0 Å². The first kappa shape index (κ1) is 19.1. The third kappa shape index (κ3) is 6.29. The predicted molar refractivity (Wildman–Crippen MR) is 95.1 cm³/mol. The molecule has 6 nitrogen and oxygen atoms in total. The average molecular weight is 348 g/mol. The molecular formula is C19H28N2O4. The zero-order chi connectivity index (χ0) is 18.4. The molecule has 0 saturated carbocycles. The Hall–Kier alpha value is -2.24. The molecule has 2 amide bonds. The Morgan fingerprint density at radius 1 is 1.24 bits per heavy atom. The number of nitrogens with zero attached hydrogens (tertiary/aromatic N) is 1. The van der Waals surface area contributed by atoms with Gasteiger partial charge in [0.25, 0.3) is 0 Å². The van der Waals surface area contributed by atoms with Crippen LogP contribution in [0.1, 0.15) is 39.7 Å². The molecule has 1 fully saturated rings. The lowest BCUT2D eigenvalue weighted by atomic mass is 9.94. The lowest BCUT2D eigenvalue weighted by Gasteiger charge is -2.37. The van der Waals surface area contributed by atoms with Gasteiger partial charge in [-0.2, -0.15) is 0 Å². The summed E-state index contributed by atoms with van der Waals surface area (Å²) in [5.41, 5.74) is 0.403. The number of ether oxygens (including phenoxy) is 2. The molecule has 25 heavy (non-hydrogen) atoms. The fraction of sp³-hybridized carbons (Fsp3) is 0.579. The van der Waals surface area contributed by atoms with Crippen molar-refractivity contribution in [3.05, 3.63) is 35.9 Å². The second-order valence-corrected chi connectivity index (χ2v) is 7.50. The topological polar surface area (TPSA) is 67.9 Å². The smallest absolute Gasteiger partial charge is 0.410 e.